The number of benzene rings is 1. The smallest absolute Gasteiger partial charge is 0.146 e. The predicted molar refractivity (Wildman–Crippen MR) is 80.2 cm³/mol. The highest BCUT2D eigenvalue weighted by Gasteiger charge is 2.10. The van der Waals surface area contributed by atoms with Crippen molar-refractivity contribution in [2.75, 3.05) is 18.5 Å². The van der Waals surface area contributed by atoms with E-state index < -0.39 is 0 Å². The van der Waals surface area contributed by atoms with Crippen LogP contribution in [-0.2, 0) is 6.42 Å². The molecule has 0 spiro atoms. The lowest BCUT2D eigenvalue weighted by Crippen LogP contribution is -2.21. The van der Waals surface area contributed by atoms with Crippen molar-refractivity contribution in [1.82, 2.24) is 4.98 Å². The Kier molecular flexibility index (Phi) is 4.69. The minimum atomic E-state index is -0.225. The highest BCUT2D eigenvalue weighted by Crippen LogP contribution is 2.22. The molecule has 0 fully saturated rings. The van der Waals surface area contributed by atoms with Gasteiger partial charge in [-0.1, -0.05) is 6.07 Å². The summed E-state index contributed by atoms with van der Waals surface area (Å²) in [6, 6.07) is 8.99. The fourth-order valence-corrected chi connectivity index (χ4v) is 2.08. The molecule has 2 aromatic rings. The standard InChI is InChI=1S/C16H20FN3/c1-12(18)14-3-4-16(15(17)11-14)20(2)10-7-13-5-8-19-9-6-13/h3-6,8-9,11-12H,7,10,18H2,1-2H3/t12-/m1/s1. The maximum atomic E-state index is 14.1. The van der Waals surface area contributed by atoms with Crippen LogP contribution in [0.4, 0.5) is 10.1 Å². The van der Waals surface area contributed by atoms with Gasteiger partial charge in [-0.25, -0.2) is 4.39 Å². The monoisotopic (exact) mass is 273 g/mol. The molecule has 3 nitrogen and oxygen atoms in total. The minimum Gasteiger partial charge on any atom is -0.372 e. The Bertz CT molecular complexity index is 555. The van der Waals surface area contributed by atoms with E-state index in [4.69, 9.17) is 5.73 Å². The van der Waals surface area contributed by atoms with E-state index in [1.165, 1.54) is 11.6 Å². The van der Waals surface area contributed by atoms with Gasteiger partial charge in [0.1, 0.15) is 5.82 Å². The van der Waals surface area contributed by atoms with Crippen molar-refractivity contribution < 1.29 is 4.39 Å². The first kappa shape index (κ1) is 14.5. The van der Waals surface area contributed by atoms with Gasteiger partial charge in [0, 0.05) is 32.0 Å². The van der Waals surface area contributed by atoms with Crippen molar-refractivity contribution in [3.05, 3.63) is 59.7 Å². The third-order valence-corrected chi connectivity index (χ3v) is 3.39. The lowest BCUT2D eigenvalue weighted by atomic mass is 10.1. The molecule has 0 unspecified atom stereocenters. The summed E-state index contributed by atoms with van der Waals surface area (Å²) in [7, 11) is 1.89. The molecule has 0 aliphatic carbocycles. The molecule has 106 valence electrons. The molecule has 1 heterocycles. The van der Waals surface area contributed by atoms with E-state index in [1.54, 1.807) is 18.5 Å². The number of rotatable bonds is 5. The van der Waals surface area contributed by atoms with Crippen molar-refractivity contribution in [2.24, 2.45) is 5.73 Å². The molecule has 4 heteroatoms. The van der Waals surface area contributed by atoms with Crippen LogP contribution in [0.25, 0.3) is 0 Å². The van der Waals surface area contributed by atoms with Gasteiger partial charge in [-0.2, -0.15) is 0 Å². The van der Waals surface area contributed by atoms with E-state index in [9.17, 15) is 4.39 Å². The summed E-state index contributed by atoms with van der Waals surface area (Å²) in [4.78, 5) is 5.90. The van der Waals surface area contributed by atoms with Gasteiger partial charge in [-0.3, -0.25) is 4.98 Å². The Morgan fingerprint density at radius 2 is 1.95 bits per heavy atom. The average Bonchev–Trinajstić information content (AvgIpc) is 2.45. The summed E-state index contributed by atoms with van der Waals surface area (Å²) in [6.45, 7) is 2.60. The quantitative estimate of drug-likeness (QED) is 0.910. The minimum absolute atomic E-state index is 0.152. The topological polar surface area (TPSA) is 42.1 Å². The van der Waals surface area contributed by atoms with Crippen molar-refractivity contribution in [1.29, 1.82) is 0 Å². The van der Waals surface area contributed by atoms with E-state index >= 15 is 0 Å². The molecule has 0 amide bonds. The Morgan fingerprint density at radius 3 is 2.55 bits per heavy atom. The number of aromatic nitrogens is 1. The third-order valence-electron chi connectivity index (χ3n) is 3.39. The van der Waals surface area contributed by atoms with Crippen molar-refractivity contribution in [3.8, 4) is 0 Å². The Labute approximate surface area is 119 Å². The normalized spacial score (nSPS) is 12.2. The molecule has 1 atom stereocenters. The largest absolute Gasteiger partial charge is 0.372 e. The van der Waals surface area contributed by atoms with Crippen LogP contribution in [0.2, 0.25) is 0 Å². The molecule has 0 aliphatic rings. The van der Waals surface area contributed by atoms with Gasteiger partial charge < -0.3 is 10.6 Å². The number of nitrogens with zero attached hydrogens (tertiary/aromatic N) is 2. The number of hydrogen-bond donors (Lipinski definition) is 1. The number of pyridine rings is 1. The summed E-state index contributed by atoms with van der Waals surface area (Å²) < 4.78 is 14.1. The number of nitrogens with two attached hydrogens (primary N) is 1. The van der Waals surface area contributed by atoms with Gasteiger partial charge in [0.25, 0.3) is 0 Å². The Hall–Kier alpha value is -1.94. The van der Waals surface area contributed by atoms with Gasteiger partial charge in [0.2, 0.25) is 0 Å². The molecule has 0 bridgehead atoms. The summed E-state index contributed by atoms with van der Waals surface area (Å²) in [5, 5.41) is 0. The number of halogens is 1. The Balaban J connectivity index is 2.04. The van der Waals surface area contributed by atoms with Crippen LogP contribution >= 0.6 is 0 Å². The average molecular weight is 273 g/mol. The second-order valence-corrected chi connectivity index (χ2v) is 5.03. The molecule has 1 aromatic heterocycles. The van der Waals surface area contributed by atoms with Gasteiger partial charge in [-0.15, -0.1) is 0 Å². The van der Waals surface area contributed by atoms with Crippen LogP contribution in [0, 0.1) is 5.82 Å². The van der Waals surface area contributed by atoms with Crippen LogP contribution in [0.15, 0.2) is 42.7 Å². The van der Waals surface area contributed by atoms with Crippen LogP contribution in [0.5, 0.6) is 0 Å². The number of hydrogen-bond acceptors (Lipinski definition) is 3. The molecular formula is C16H20FN3. The van der Waals surface area contributed by atoms with Crippen LogP contribution in [0.3, 0.4) is 0 Å². The van der Waals surface area contributed by atoms with E-state index in [1.807, 2.05) is 37.1 Å². The van der Waals surface area contributed by atoms with E-state index in [2.05, 4.69) is 4.98 Å². The van der Waals surface area contributed by atoms with Crippen LogP contribution in [0.1, 0.15) is 24.1 Å². The zero-order valence-electron chi connectivity index (χ0n) is 11.9. The zero-order chi connectivity index (χ0) is 14.5. The van der Waals surface area contributed by atoms with Gasteiger partial charge in [-0.05, 0) is 48.7 Å². The first-order chi connectivity index (χ1) is 9.58. The van der Waals surface area contributed by atoms with Crippen LogP contribution in [-0.4, -0.2) is 18.6 Å². The lowest BCUT2D eigenvalue weighted by molar-refractivity contribution is 0.617. The zero-order valence-corrected chi connectivity index (χ0v) is 11.9. The maximum Gasteiger partial charge on any atom is 0.146 e. The summed E-state index contributed by atoms with van der Waals surface area (Å²) in [6.07, 6.45) is 4.40. The highest BCUT2D eigenvalue weighted by molar-refractivity contribution is 5.49. The van der Waals surface area contributed by atoms with Gasteiger partial charge in [0.05, 0.1) is 5.69 Å². The summed E-state index contributed by atoms with van der Waals surface area (Å²) >= 11 is 0. The second kappa shape index (κ2) is 6.48. The summed E-state index contributed by atoms with van der Waals surface area (Å²) in [5.74, 6) is -0.225. The van der Waals surface area contributed by atoms with E-state index in [0.717, 1.165) is 18.5 Å². The first-order valence-corrected chi connectivity index (χ1v) is 6.73. The fraction of sp³-hybridized carbons (Fsp3) is 0.312. The molecule has 1 aromatic carbocycles. The van der Waals surface area contributed by atoms with E-state index in [0.29, 0.717) is 5.69 Å². The molecule has 0 aliphatic heterocycles. The summed E-state index contributed by atoms with van der Waals surface area (Å²) in [5.41, 5.74) is 8.37. The molecule has 0 radical (unpaired) electrons. The molecule has 20 heavy (non-hydrogen) atoms. The second-order valence-electron chi connectivity index (χ2n) is 5.03. The van der Waals surface area contributed by atoms with Gasteiger partial charge >= 0.3 is 0 Å². The fourth-order valence-electron chi connectivity index (χ4n) is 2.08. The lowest BCUT2D eigenvalue weighted by Gasteiger charge is -2.21. The SMILES string of the molecule is C[C@@H](N)c1ccc(N(C)CCc2ccncc2)c(F)c1. The maximum absolute atomic E-state index is 14.1. The third kappa shape index (κ3) is 3.54. The predicted octanol–water partition coefficient (Wildman–Crippen LogP) is 2.92. The van der Waals surface area contributed by atoms with Crippen molar-refractivity contribution >= 4 is 5.69 Å². The number of anilines is 1. The molecule has 2 rings (SSSR count). The highest BCUT2D eigenvalue weighted by atomic mass is 19.1. The van der Waals surface area contributed by atoms with Crippen LogP contribution < -0.4 is 10.6 Å². The molecule has 0 saturated heterocycles. The first-order valence-electron chi connectivity index (χ1n) is 6.73. The van der Waals surface area contributed by atoms with Crippen molar-refractivity contribution in [2.45, 2.75) is 19.4 Å². The van der Waals surface area contributed by atoms with Gasteiger partial charge in [0.15, 0.2) is 0 Å². The van der Waals surface area contributed by atoms with E-state index in [-0.39, 0.29) is 11.9 Å². The molecule has 2 N–H and O–H groups in total. The Morgan fingerprint density at radius 1 is 1.25 bits per heavy atom. The molecular weight excluding hydrogens is 253 g/mol. The van der Waals surface area contributed by atoms with Crippen molar-refractivity contribution in [3.63, 3.8) is 0 Å². The number of likely N-dealkylation sites (N-methyl/N-ethyl adjacent to an activating group) is 1. The molecule has 0 saturated carbocycles.